The Balaban J connectivity index is 2.56. The topological polar surface area (TPSA) is 132 Å². The molecular weight excluding hydrogens is 354 g/mol. The molecule has 130 valence electrons. The summed E-state index contributed by atoms with van der Waals surface area (Å²) >= 11 is 0. The third kappa shape index (κ3) is 4.74. The maximum absolute atomic E-state index is 11.8. The van der Waals surface area contributed by atoms with Crippen molar-refractivity contribution < 1.29 is 33.7 Å². The number of aromatic nitrogens is 1. The predicted molar refractivity (Wildman–Crippen MR) is 88.2 cm³/mol. The van der Waals surface area contributed by atoms with Crippen molar-refractivity contribution in [3.63, 3.8) is 0 Å². The molecular formula is C14H19N2O6P2+. The van der Waals surface area contributed by atoms with E-state index in [1.165, 1.54) is 0 Å². The van der Waals surface area contributed by atoms with Gasteiger partial charge in [-0.1, -0.05) is 30.3 Å². The summed E-state index contributed by atoms with van der Waals surface area (Å²) < 4.78 is 23.6. The predicted octanol–water partition coefficient (Wildman–Crippen LogP) is 1.45. The highest BCUT2D eigenvalue weighted by Crippen LogP contribution is 2.61. The Morgan fingerprint density at radius 2 is 1.62 bits per heavy atom. The van der Waals surface area contributed by atoms with E-state index in [9.17, 15) is 28.7 Å². The van der Waals surface area contributed by atoms with Gasteiger partial charge in [-0.15, -0.1) is 0 Å². The molecule has 0 amide bonds. The Kier molecular flexibility index (Phi) is 5.60. The molecule has 0 aliphatic rings. The lowest BCUT2D eigenvalue weighted by Crippen LogP contribution is -2.38. The van der Waals surface area contributed by atoms with Crippen LogP contribution in [0.1, 0.15) is 11.1 Å². The number of H-pyrrole nitrogens is 1. The number of anilines is 1. The molecule has 0 aliphatic carbocycles. The van der Waals surface area contributed by atoms with Gasteiger partial charge >= 0.3 is 15.2 Å². The average Bonchev–Trinajstić information content (AvgIpc) is 2.45. The Morgan fingerprint density at radius 1 is 1.04 bits per heavy atom. The minimum Gasteiger partial charge on any atom is -0.321 e. The van der Waals surface area contributed by atoms with Crippen molar-refractivity contribution in [2.24, 2.45) is 0 Å². The van der Waals surface area contributed by atoms with Crippen LogP contribution >= 0.6 is 15.2 Å². The Bertz CT molecular complexity index is 767. The molecule has 0 atom stereocenters. The van der Waals surface area contributed by atoms with E-state index in [4.69, 9.17) is 0 Å². The number of aryl methyl sites for hydroxylation is 1. The van der Waals surface area contributed by atoms with Crippen molar-refractivity contribution >= 4 is 21.0 Å². The minimum atomic E-state index is -5.13. The molecule has 0 saturated carbocycles. The Morgan fingerprint density at radius 3 is 2.12 bits per heavy atom. The van der Waals surface area contributed by atoms with Crippen LogP contribution in [0.4, 0.5) is 5.82 Å². The van der Waals surface area contributed by atoms with Crippen LogP contribution in [-0.4, -0.2) is 25.1 Å². The lowest BCUT2D eigenvalue weighted by atomic mass is 10.2. The zero-order valence-corrected chi connectivity index (χ0v) is 14.6. The second kappa shape index (κ2) is 7.15. The number of pyridine rings is 1. The van der Waals surface area contributed by atoms with Crippen LogP contribution in [-0.2, 0) is 15.7 Å². The van der Waals surface area contributed by atoms with Gasteiger partial charge in [-0.3, -0.25) is 9.13 Å². The number of rotatable bonds is 6. The third-order valence-corrected chi connectivity index (χ3v) is 6.89. The fourth-order valence-corrected chi connectivity index (χ4v) is 5.07. The number of nitrogens with one attached hydrogen (secondary N) is 1. The van der Waals surface area contributed by atoms with Crippen molar-refractivity contribution in [1.82, 2.24) is 0 Å². The highest BCUT2D eigenvalue weighted by molar-refractivity contribution is 7.71. The SMILES string of the molecule is Cc1cc[nH+]c(N(Cc2ccccc2)C(P(=O)(O)O)P(=O)(O)O)c1. The van der Waals surface area contributed by atoms with Crippen LogP contribution in [0.5, 0.6) is 0 Å². The highest BCUT2D eigenvalue weighted by Gasteiger charge is 2.53. The first-order valence-electron chi connectivity index (χ1n) is 6.98. The van der Waals surface area contributed by atoms with Crippen molar-refractivity contribution in [3.05, 3.63) is 59.8 Å². The lowest BCUT2D eigenvalue weighted by molar-refractivity contribution is -0.364. The van der Waals surface area contributed by atoms with Gasteiger partial charge in [-0.25, -0.2) is 9.88 Å². The van der Waals surface area contributed by atoms with E-state index in [2.05, 4.69) is 4.98 Å². The van der Waals surface area contributed by atoms with Crippen molar-refractivity contribution in [3.8, 4) is 0 Å². The summed E-state index contributed by atoms with van der Waals surface area (Å²) in [7, 11) is -10.3. The molecule has 5 N–H and O–H groups in total. The lowest BCUT2D eigenvalue weighted by Gasteiger charge is -2.27. The van der Waals surface area contributed by atoms with Crippen LogP contribution in [0.15, 0.2) is 48.7 Å². The zero-order valence-electron chi connectivity index (χ0n) is 12.9. The Labute approximate surface area is 139 Å². The Hall–Kier alpha value is -1.53. The standard InChI is InChI=1S/C14H18N2O6P2/c1-11-7-8-15-13(9-11)16(10-12-5-3-2-4-6-12)14(23(17,18)19)24(20,21)22/h2-9,14H,10H2,1H3,(H2,17,18,19)(H2,20,21,22)/p+1. The molecule has 2 rings (SSSR count). The molecule has 1 aromatic heterocycles. The van der Waals surface area contributed by atoms with Gasteiger partial charge in [0.1, 0.15) is 6.54 Å². The smallest absolute Gasteiger partial charge is 0.321 e. The van der Waals surface area contributed by atoms with Crippen LogP contribution in [0.2, 0.25) is 0 Å². The van der Waals surface area contributed by atoms with Gasteiger partial charge in [0.2, 0.25) is 0 Å². The molecule has 0 radical (unpaired) electrons. The first-order valence-corrected chi connectivity index (χ1v) is 10.3. The number of benzene rings is 1. The van der Waals surface area contributed by atoms with Gasteiger partial charge in [0.05, 0.1) is 6.20 Å². The molecule has 1 aromatic carbocycles. The first-order chi connectivity index (χ1) is 11.1. The average molecular weight is 373 g/mol. The monoisotopic (exact) mass is 373 g/mol. The second-order valence-corrected chi connectivity index (χ2v) is 9.13. The zero-order chi connectivity index (χ0) is 18.0. The van der Waals surface area contributed by atoms with E-state index < -0.39 is 20.7 Å². The number of aromatic amines is 1. The summed E-state index contributed by atoms with van der Waals surface area (Å²) in [4.78, 5) is 42.0. The van der Waals surface area contributed by atoms with Gasteiger partial charge in [0.25, 0.3) is 11.3 Å². The van der Waals surface area contributed by atoms with Gasteiger partial charge < -0.3 is 19.6 Å². The maximum Gasteiger partial charge on any atom is 0.382 e. The van der Waals surface area contributed by atoms with E-state index in [0.717, 1.165) is 10.5 Å². The molecule has 0 unspecified atom stereocenters. The molecule has 24 heavy (non-hydrogen) atoms. The van der Waals surface area contributed by atoms with Gasteiger partial charge in [-0.2, -0.15) is 0 Å². The number of hydrogen-bond acceptors (Lipinski definition) is 3. The van der Waals surface area contributed by atoms with Crippen molar-refractivity contribution in [1.29, 1.82) is 0 Å². The molecule has 0 spiro atoms. The summed E-state index contributed by atoms with van der Waals surface area (Å²) in [5.74, 6) is 0.204. The largest absolute Gasteiger partial charge is 0.382 e. The van der Waals surface area contributed by atoms with E-state index in [0.29, 0.717) is 5.56 Å². The van der Waals surface area contributed by atoms with Crippen LogP contribution in [0.3, 0.4) is 0 Å². The van der Waals surface area contributed by atoms with E-state index in [1.807, 2.05) is 0 Å². The van der Waals surface area contributed by atoms with Crippen molar-refractivity contribution in [2.75, 3.05) is 4.90 Å². The first kappa shape index (κ1) is 18.8. The van der Waals surface area contributed by atoms with Crippen LogP contribution in [0, 0.1) is 6.92 Å². The summed E-state index contributed by atoms with van der Waals surface area (Å²) in [6.07, 6.45) is 1.54. The van der Waals surface area contributed by atoms with E-state index in [1.54, 1.807) is 55.6 Å². The molecule has 1 heterocycles. The summed E-state index contributed by atoms with van der Waals surface area (Å²) in [5.41, 5.74) is -0.848. The molecule has 8 nitrogen and oxygen atoms in total. The quantitative estimate of drug-likeness (QED) is 0.564. The summed E-state index contributed by atoms with van der Waals surface area (Å²) in [6, 6.07) is 12.0. The molecule has 0 aliphatic heterocycles. The van der Waals surface area contributed by atoms with E-state index in [-0.39, 0.29) is 12.4 Å². The molecule has 2 aromatic rings. The molecule has 0 bridgehead atoms. The van der Waals surface area contributed by atoms with E-state index >= 15 is 0 Å². The fourth-order valence-electron chi connectivity index (χ4n) is 2.36. The van der Waals surface area contributed by atoms with Crippen LogP contribution in [0.25, 0.3) is 0 Å². The molecule has 0 fully saturated rings. The summed E-state index contributed by atoms with van der Waals surface area (Å²) in [5, 5.41) is 0. The number of hydrogen-bond donors (Lipinski definition) is 4. The van der Waals surface area contributed by atoms with Gasteiger partial charge in [0, 0.05) is 6.07 Å². The highest BCUT2D eigenvalue weighted by atomic mass is 31.2. The number of nitrogens with zero attached hydrogens (tertiary/aromatic N) is 1. The third-order valence-electron chi connectivity index (χ3n) is 3.33. The van der Waals surface area contributed by atoms with Gasteiger partial charge in [-0.05, 0) is 24.1 Å². The normalized spacial score (nSPS) is 12.4. The minimum absolute atomic E-state index is 0.0817. The molecule has 10 heteroatoms. The second-order valence-electron chi connectivity index (χ2n) is 5.39. The van der Waals surface area contributed by atoms with Crippen molar-refractivity contribution in [2.45, 2.75) is 19.0 Å². The molecule has 0 saturated heterocycles. The van der Waals surface area contributed by atoms with Gasteiger partial charge in [0.15, 0.2) is 0 Å². The summed E-state index contributed by atoms with van der Waals surface area (Å²) in [6.45, 7) is 1.68. The fraction of sp³-hybridized carbons (Fsp3) is 0.214. The maximum atomic E-state index is 11.8. The van der Waals surface area contributed by atoms with Crippen LogP contribution < -0.4 is 9.88 Å².